The van der Waals surface area contributed by atoms with Crippen LogP contribution in [0.5, 0.6) is 0 Å². The fourth-order valence-corrected chi connectivity index (χ4v) is 4.34. The topological polar surface area (TPSA) is 54.8 Å². The molecule has 142 valence electrons. The molecule has 6 heteroatoms. The number of rotatable bonds is 5. The van der Waals surface area contributed by atoms with E-state index in [1.807, 2.05) is 11.0 Å². The molecule has 1 atom stereocenters. The molecule has 6 nitrogen and oxygen atoms in total. The molecule has 2 aliphatic heterocycles. The fourth-order valence-electron chi connectivity index (χ4n) is 4.34. The van der Waals surface area contributed by atoms with Gasteiger partial charge in [0.15, 0.2) is 5.78 Å². The first-order chi connectivity index (χ1) is 12.5. The third-order valence-electron chi connectivity index (χ3n) is 5.95. The van der Waals surface area contributed by atoms with E-state index in [0.717, 1.165) is 37.2 Å². The zero-order valence-corrected chi connectivity index (χ0v) is 15.9. The van der Waals surface area contributed by atoms with Gasteiger partial charge in [-0.05, 0) is 45.6 Å². The number of nitrogens with zero attached hydrogens (tertiary/aromatic N) is 3. The minimum Gasteiger partial charge on any atom is -0.368 e. The van der Waals surface area contributed by atoms with Gasteiger partial charge >= 0.3 is 0 Å². The molecule has 1 aliphatic carbocycles. The summed E-state index contributed by atoms with van der Waals surface area (Å²) >= 11 is 0. The van der Waals surface area contributed by atoms with E-state index in [1.165, 1.54) is 18.5 Å². The Hall–Kier alpha value is -1.66. The minimum atomic E-state index is -0.240. The maximum atomic E-state index is 12.8. The predicted molar refractivity (Wildman–Crippen MR) is 98.5 cm³/mol. The Morgan fingerprint density at radius 1 is 1.12 bits per heavy atom. The van der Waals surface area contributed by atoms with Crippen LogP contribution in [0.3, 0.4) is 0 Å². The molecule has 3 aliphatic rings. The molecule has 0 N–H and O–H groups in total. The van der Waals surface area contributed by atoms with Crippen molar-refractivity contribution in [1.29, 1.82) is 0 Å². The molecule has 1 amide bonds. The lowest BCUT2D eigenvalue weighted by Gasteiger charge is -2.35. The van der Waals surface area contributed by atoms with Crippen molar-refractivity contribution >= 4 is 11.7 Å². The summed E-state index contributed by atoms with van der Waals surface area (Å²) < 4.78 is 7.83. The van der Waals surface area contributed by atoms with E-state index in [1.54, 1.807) is 0 Å². The van der Waals surface area contributed by atoms with Gasteiger partial charge in [-0.25, -0.2) is 0 Å². The summed E-state index contributed by atoms with van der Waals surface area (Å²) in [5, 5.41) is 0. The van der Waals surface area contributed by atoms with Crippen LogP contribution in [0.1, 0.15) is 53.5 Å². The van der Waals surface area contributed by atoms with E-state index in [2.05, 4.69) is 23.3 Å². The summed E-state index contributed by atoms with van der Waals surface area (Å²) in [4.78, 5) is 29.3. The van der Waals surface area contributed by atoms with E-state index >= 15 is 0 Å². The van der Waals surface area contributed by atoms with Crippen molar-refractivity contribution in [1.82, 2.24) is 14.4 Å². The summed E-state index contributed by atoms with van der Waals surface area (Å²) in [5.74, 6) is 0.324. The number of ether oxygens (including phenoxy) is 1. The number of hydrogen-bond acceptors (Lipinski definition) is 4. The molecule has 0 radical (unpaired) electrons. The number of hydrogen-bond donors (Lipinski definition) is 0. The Morgan fingerprint density at radius 3 is 2.46 bits per heavy atom. The molecule has 3 fully saturated rings. The first kappa shape index (κ1) is 17.7. The molecule has 2 saturated heterocycles. The molecule has 1 aromatic heterocycles. The van der Waals surface area contributed by atoms with Gasteiger partial charge in [-0.3, -0.25) is 14.5 Å². The average molecular weight is 359 g/mol. The number of aromatic nitrogens is 1. The average Bonchev–Trinajstić information content (AvgIpc) is 3.20. The summed E-state index contributed by atoms with van der Waals surface area (Å²) in [7, 11) is 0. The molecule has 1 saturated carbocycles. The number of ketones is 1. The molecule has 1 aromatic rings. The number of Topliss-reactive ketones (excluding diaryl/α,β-unsaturated/α-hetero) is 1. The van der Waals surface area contributed by atoms with Crippen LogP contribution < -0.4 is 0 Å². The van der Waals surface area contributed by atoms with Gasteiger partial charge in [-0.2, -0.15) is 0 Å². The fraction of sp³-hybridized carbons (Fsp3) is 0.700. The molecule has 26 heavy (non-hydrogen) atoms. The van der Waals surface area contributed by atoms with Crippen molar-refractivity contribution in [3.05, 3.63) is 23.0 Å². The highest BCUT2D eigenvalue weighted by Gasteiger charge is 2.32. The third-order valence-corrected chi connectivity index (χ3v) is 5.95. The van der Waals surface area contributed by atoms with E-state index in [0.29, 0.717) is 32.3 Å². The van der Waals surface area contributed by atoms with Gasteiger partial charge in [-0.1, -0.05) is 0 Å². The molecular formula is C20H29N3O3. The molecule has 0 spiro atoms. The Bertz CT molecular complexity index is 693. The largest absolute Gasteiger partial charge is 0.368 e. The molecule has 3 heterocycles. The second-order valence-corrected chi connectivity index (χ2v) is 7.91. The molecule has 4 rings (SSSR count). The highest BCUT2D eigenvalue weighted by atomic mass is 16.5. The zero-order chi connectivity index (χ0) is 18.3. The van der Waals surface area contributed by atoms with Crippen molar-refractivity contribution in [2.45, 2.75) is 51.7 Å². The molecule has 0 aromatic carbocycles. The number of carbonyl (C=O) groups is 2. The molecular weight excluding hydrogens is 330 g/mol. The van der Waals surface area contributed by atoms with Gasteiger partial charge in [0, 0.05) is 55.8 Å². The van der Waals surface area contributed by atoms with Crippen LogP contribution in [-0.4, -0.2) is 71.5 Å². The van der Waals surface area contributed by atoms with Gasteiger partial charge in [0.2, 0.25) is 0 Å². The summed E-state index contributed by atoms with van der Waals surface area (Å²) in [6.45, 7) is 8.19. The van der Waals surface area contributed by atoms with Crippen LogP contribution in [0.25, 0.3) is 0 Å². The van der Waals surface area contributed by atoms with E-state index in [-0.39, 0.29) is 17.8 Å². The first-order valence-corrected chi connectivity index (χ1v) is 9.89. The quantitative estimate of drug-likeness (QED) is 0.754. The van der Waals surface area contributed by atoms with Gasteiger partial charge in [0.05, 0.1) is 6.54 Å². The van der Waals surface area contributed by atoms with Crippen molar-refractivity contribution in [3.63, 3.8) is 0 Å². The minimum absolute atomic E-state index is 0.126. The lowest BCUT2D eigenvalue weighted by atomic mass is 10.1. The molecule has 0 bridgehead atoms. The van der Waals surface area contributed by atoms with Crippen molar-refractivity contribution in [2.24, 2.45) is 0 Å². The number of piperazine rings is 1. The standard InChI is InChI=1S/C20H29N3O3/c1-14-12-17(15(2)23(14)16-5-6-16)18(24)13-21-7-9-22(10-8-21)20(25)19-4-3-11-26-19/h12,16,19H,3-11,13H2,1-2H3. The number of aryl methyl sites for hydroxylation is 1. The van der Waals surface area contributed by atoms with E-state index in [4.69, 9.17) is 4.74 Å². The van der Waals surface area contributed by atoms with Gasteiger partial charge < -0.3 is 14.2 Å². The summed E-state index contributed by atoms with van der Waals surface area (Å²) in [6.07, 6.45) is 4.03. The number of carbonyl (C=O) groups excluding carboxylic acids is 2. The van der Waals surface area contributed by atoms with Crippen LogP contribution >= 0.6 is 0 Å². The highest BCUT2D eigenvalue weighted by Crippen LogP contribution is 2.38. The first-order valence-electron chi connectivity index (χ1n) is 9.89. The highest BCUT2D eigenvalue weighted by molar-refractivity contribution is 5.99. The zero-order valence-electron chi connectivity index (χ0n) is 15.9. The Kier molecular flexibility index (Phi) is 4.88. The Balaban J connectivity index is 1.32. The molecule has 1 unspecified atom stereocenters. The lowest BCUT2D eigenvalue weighted by molar-refractivity contribution is -0.142. The van der Waals surface area contributed by atoms with E-state index < -0.39 is 0 Å². The second kappa shape index (κ2) is 7.16. The van der Waals surface area contributed by atoms with Crippen LogP contribution in [0.2, 0.25) is 0 Å². The number of amides is 1. The second-order valence-electron chi connectivity index (χ2n) is 7.91. The maximum absolute atomic E-state index is 12.8. The van der Waals surface area contributed by atoms with Crippen LogP contribution in [0, 0.1) is 13.8 Å². The van der Waals surface area contributed by atoms with Gasteiger partial charge in [-0.15, -0.1) is 0 Å². The summed E-state index contributed by atoms with van der Waals surface area (Å²) in [6, 6.07) is 2.65. The van der Waals surface area contributed by atoms with Crippen LogP contribution in [-0.2, 0) is 9.53 Å². The predicted octanol–water partition coefficient (Wildman–Crippen LogP) is 1.95. The maximum Gasteiger partial charge on any atom is 0.251 e. The van der Waals surface area contributed by atoms with E-state index in [9.17, 15) is 9.59 Å². The van der Waals surface area contributed by atoms with Crippen LogP contribution in [0.15, 0.2) is 6.07 Å². The van der Waals surface area contributed by atoms with Gasteiger partial charge in [0.25, 0.3) is 5.91 Å². The Morgan fingerprint density at radius 2 is 1.85 bits per heavy atom. The van der Waals surface area contributed by atoms with Crippen molar-refractivity contribution < 1.29 is 14.3 Å². The summed E-state index contributed by atoms with van der Waals surface area (Å²) in [5.41, 5.74) is 3.18. The van der Waals surface area contributed by atoms with Gasteiger partial charge in [0.1, 0.15) is 6.10 Å². The SMILES string of the molecule is Cc1cc(C(=O)CN2CCN(C(=O)C3CCCO3)CC2)c(C)n1C1CC1. The normalized spacial score (nSPS) is 24.2. The van der Waals surface area contributed by atoms with Crippen LogP contribution in [0.4, 0.5) is 0 Å². The third kappa shape index (κ3) is 3.45. The van der Waals surface area contributed by atoms with Crippen molar-refractivity contribution in [2.75, 3.05) is 39.3 Å². The smallest absolute Gasteiger partial charge is 0.251 e. The van der Waals surface area contributed by atoms with Crippen molar-refractivity contribution in [3.8, 4) is 0 Å². The monoisotopic (exact) mass is 359 g/mol. The lowest BCUT2D eigenvalue weighted by Crippen LogP contribution is -2.52. The Labute approximate surface area is 155 Å².